The average molecular weight is 489 g/mol. The maximum Gasteiger partial charge on any atom is 0.410 e. The molecule has 1 aliphatic rings. The van der Waals surface area contributed by atoms with Gasteiger partial charge in [0.25, 0.3) is 0 Å². The zero-order chi connectivity index (χ0) is 24.9. The fourth-order valence-corrected chi connectivity index (χ4v) is 5.52. The van der Waals surface area contributed by atoms with Crippen LogP contribution in [-0.4, -0.2) is 61.5 Å². The summed E-state index contributed by atoms with van der Waals surface area (Å²) in [7, 11) is -2.54. The number of carbonyl (C=O) groups excluding carboxylic acids is 2. The van der Waals surface area contributed by atoms with E-state index in [4.69, 9.17) is 9.47 Å². The number of hydrogen-bond donors (Lipinski definition) is 0. The summed E-state index contributed by atoms with van der Waals surface area (Å²) in [5.41, 5.74) is 0.473. The van der Waals surface area contributed by atoms with Gasteiger partial charge in [0.1, 0.15) is 5.60 Å². The predicted molar refractivity (Wildman–Crippen MR) is 128 cm³/mol. The Bertz CT molecular complexity index is 1090. The van der Waals surface area contributed by atoms with Crippen LogP contribution in [0.3, 0.4) is 0 Å². The first-order valence-corrected chi connectivity index (χ1v) is 12.7. The Kier molecular flexibility index (Phi) is 7.99. The highest BCUT2D eigenvalue weighted by molar-refractivity contribution is 7.89. The molecule has 184 valence electrons. The summed E-state index contributed by atoms with van der Waals surface area (Å²) in [5.74, 6) is -0.458. The molecule has 1 aliphatic heterocycles. The number of esters is 1. The van der Waals surface area contributed by atoms with Crippen molar-refractivity contribution in [1.29, 1.82) is 0 Å². The zero-order valence-electron chi connectivity index (χ0n) is 20.1. The maximum absolute atomic E-state index is 13.7. The van der Waals surface area contributed by atoms with Gasteiger partial charge in [-0.3, -0.25) is 0 Å². The molecule has 0 N–H and O–H groups in total. The van der Waals surface area contributed by atoms with Crippen LogP contribution in [0.1, 0.15) is 49.5 Å². The molecule has 1 amide bonds. The summed E-state index contributed by atoms with van der Waals surface area (Å²) >= 11 is 0. The van der Waals surface area contributed by atoms with Crippen molar-refractivity contribution in [2.45, 2.75) is 56.7 Å². The second-order valence-electron chi connectivity index (χ2n) is 9.27. The van der Waals surface area contributed by atoms with E-state index in [1.807, 2.05) is 0 Å². The van der Waals surface area contributed by atoms with Gasteiger partial charge in [-0.15, -0.1) is 0 Å². The largest absolute Gasteiger partial charge is 0.465 e. The molecule has 2 aromatic carbocycles. The molecule has 0 aromatic heterocycles. The number of sulfonamides is 1. The quantitative estimate of drug-likeness (QED) is 0.569. The van der Waals surface area contributed by atoms with E-state index in [0.717, 1.165) is 5.56 Å². The Hall–Kier alpha value is -2.91. The minimum absolute atomic E-state index is 0.103. The third-order valence-electron chi connectivity index (χ3n) is 5.52. The van der Waals surface area contributed by atoms with Crippen LogP contribution in [0.15, 0.2) is 59.5 Å². The number of amides is 1. The van der Waals surface area contributed by atoms with Gasteiger partial charge >= 0.3 is 12.1 Å². The number of methoxy groups -OCH3 is 1. The second kappa shape index (κ2) is 10.6. The first kappa shape index (κ1) is 25.7. The lowest BCUT2D eigenvalue weighted by Gasteiger charge is -2.39. The molecule has 34 heavy (non-hydrogen) atoms. The Morgan fingerprint density at radius 3 is 2.29 bits per heavy atom. The van der Waals surface area contributed by atoms with E-state index < -0.39 is 33.7 Å². The van der Waals surface area contributed by atoms with E-state index in [-0.39, 0.29) is 18.0 Å². The lowest BCUT2D eigenvalue weighted by molar-refractivity contribution is 0.0152. The highest BCUT2D eigenvalue weighted by Crippen LogP contribution is 2.27. The summed E-state index contributed by atoms with van der Waals surface area (Å²) in [6.45, 7) is 6.26. The Labute approximate surface area is 201 Å². The number of carbonyl (C=O) groups is 2. The van der Waals surface area contributed by atoms with Crippen LogP contribution < -0.4 is 0 Å². The number of nitrogens with zero attached hydrogens (tertiary/aromatic N) is 2. The summed E-state index contributed by atoms with van der Waals surface area (Å²) < 4.78 is 39.1. The molecule has 8 nitrogen and oxygen atoms in total. The van der Waals surface area contributed by atoms with Crippen molar-refractivity contribution in [2.75, 3.05) is 20.2 Å². The fourth-order valence-electron chi connectivity index (χ4n) is 3.86. The summed E-state index contributed by atoms with van der Waals surface area (Å²) in [6.07, 6.45) is 0.828. The van der Waals surface area contributed by atoms with Gasteiger partial charge in [0.2, 0.25) is 10.0 Å². The van der Waals surface area contributed by atoms with Gasteiger partial charge in [0.15, 0.2) is 0 Å². The minimum Gasteiger partial charge on any atom is -0.465 e. The van der Waals surface area contributed by atoms with E-state index in [9.17, 15) is 18.0 Å². The number of rotatable bonds is 6. The van der Waals surface area contributed by atoms with Crippen molar-refractivity contribution in [3.63, 3.8) is 0 Å². The summed E-state index contributed by atoms with van der Waals surface area (Å²) in [4.78, 5) is 26.2. The van der Waals surface area contributed by atoms with E-state index in [0.29, 0.717) is 24.9 Å². The molecule has 0 spiro atoms. The molecule has 1 unspecified atom stereocenters. The Morgan fingerprint density at radius 2 is 1.71 bits per heavy atom. The highest BCUT2D eigenvalue weighted by Gasteiger charge is 2.36. The summed E-state index contributed by atoms with van der Waals surface area (Å²) in [6, 6.07) is 14.5. The first-order valence-electron chi connectivity index (χ1n) is 11.2. The third-order valence-corrected chi connectivity index (χ3v) is 7.43. The molecule has 0 bridgehead atoms. The molecule has 0 radical (unpaired) electrons. The standard InChI is InChI=1S/C25H32N2O6S/c1-25(2,3)33-24(29)26-16-8-9-21(18-26)27(34(30,31)22-10-6-5-7-11-22)17-19-12-14-20(15-13-19)23(28)32-4/h5-7,10-15,21H,8-9,16-18H2,1-4H3. The fraction of sp³-hybridized carbons (Fsp3) is 0.440. The van der Waals surface area contributed by atoms with E-state index in [2.05, 4.69) is 0 Å². The highest BCUT2D eigenvalue weighted by atomic mass is 32.2. The van der Waals surface area contributed by atoms with Crippen molar-refractivity contribution < 1.29 is 27.5 Å². The molecule has 1 atom stereocenters. The number of piperidine rings is 1. The van der Waals surface area contributed by atoms with Crippen molar-refractivity contribution in [3.05, 3.63) is 65.7 Å². The van der Waals surface area contributed by atoms with E-state index in [1.165, 1.54) is 11.4 Å². The van der Waals surface area contributed by atoms with E-state index >= 15 is 0 Å². The average Bonchev–Trinajstić information content (AvgIpc) is 2.82. The number of ether oxygens (including phenoxy) is 2. The third kappa shape index (κ3) is 6.36. The smallest absolute Gasteiger partial charge is 0.410 e. The molecule has 1 saturated heterocycles. The van der Waals surface area contributed by atoms with Crippen LogP contribution in [0.4, 0.5) is 4.79 Å². The molecule has 2 aromatic rings. The van der Waals surface area contributed by atoms with Crippen LogP contribution in [0.25, 0.3) is 0 Å². The van der Waals surface area contributed by atoms with Crippen LogP contribution in [0.2, 0.25) is 0 Å². The molecule has 1 heterocycles. The topological polar surface area (TPSA) is 93.2 Å². The number of likely N-dealkylation sites (tertiary alicyclic amines) is 1. The maximum atomic E-state index is 13.7. The van der Waals surface area contributed by atoms with Crippen LogP contribution >= 0.6 is 0 Å². The molecular weight excluding hydrogens is 456 g/mol. The lowest BCUT2D eigenvalue weighted by Crippen LogP contribution is -2.52. The van der Waals surface area contributed by atoms with Gasteiger partial charge < -0.3 is 14.4 Å². The zero-order valence-corrected chi connectivity index (χ0v) is 20.9. The van der Waals surface area contributed by atoms with Crippen molar-refractivity contribution in [3.8, 4) is 0 Å². The SMILES string of the molecule is COC(=O)c1ccc(CN(C2CCCN(C(=O)OC(C)(C)C)C2)S(=O)(=O)c2ccccc2)cc1. The van der Waals surface area contributed by atoms with Gasteiger partial charge in [0.05, 0.1) is 17.6 Å². The van der Waals surface area contributed by atoms with Crippen molar-refractivity contribution in [2.24, 2.45) is 0 Å². The molecule has 0 saturated carbocycles. The van der Waals surface area contributed by atoms with Gasteiger partial charge in [-0.1, -0.05) is 30.3 Å². The molecular formula is C25H32N2O6S. The Morgan fingerprint density at radius 1 is 1.06 bits per heavy atom. The van der Waals surface area contributed by atoms with Crippen LogP contribution in [0.5, 0.6) is 0 Å². The molecule has 1 fully saturated rings. The molecule has 9 heteroatoms. The summed E-state index contributed by atoms with van der Waals surface area (Å²) in [5, 5.41) is 0. The van der Waals surface area contributed by atoms with Crippen molar-refractivity contribution in [1.82, 2.24) is 9.21 Å². The van der Waals surface area contributed by atoms with Gasteiger partial charge in [0, 0.05) is 25.7 Å². The monoisotopic (exact) mass is 488 g/mol. The van der Waals surface area contributed by atoms with Crippen LogP contribution in [0, 0.1) is 0 Å². The Balaban J connectivity index is 1.90. The minimum atomic E-state index is -3.85. The first-order chi connectivity index (χ1) is 16.0. The van der Waals surface area contributed by atoms with Crippen LogP contribution in [-0.2, 0) is 26.0 Å². The van der Waals surface area contributed by atoms with Gasteiger partial charge in [-0.2, -0.15) is 4.31 Å². The van der Waals surface area contributed by atoms with Crippen molar-refractivity contribution >= 4 is 22.1 Å². The predicted octanol–water partition coefficient (Wildman–Crippen LogP) is 4.06. The normalized spacial score (nSPS) is 16.9. The lowest BCUT2D eigenvalue weighted by atomic mass is 10.1. The van der Waals surface area contributed by atoms with Gasteiger partial charge in [-0.05, 0) is 63.4 Å². The molecule has 3 rings (SSSR count). The number of benzene rings is 2. The molecule has 0 aliphatic carbocycles. The van der Waals surface area contributed by atoms with E-state index in [1.54, 1.807) is 80.3 Å². The second-order valence-corrected chi connectivity index (χ2v) is 11.2. The van der Waals surface area contributed by atoms with Gasteiger partial charge in [-0.25, -0.2) is 18.0 Å². The number of hydrogen-bond acceptors (Lipinski definition) is 6.